The van der Waals surface area contributed by atoms with Crippen LogP contribution >= 0.6 is 0 Å². The van der Waals surface area contributed by atoms with E-state index in [1.165, 1.54) is 41.5 Å². The number of rotatable bonds is 17. The second-order valence-electron chi connectivity index (χ2n) is 17.7. The first-order chi connectivity index (χ1) is 31.1. The maximum atomic E-state index is 15.2. The van der Waals surface area contributed by atoms with Crippen molar-refractivity contribution in [1.82, 2.24) is 0 Å². The fourth-order valence-electron chi connectivity index (χ4n) is 9.47. The number of hydrogen-bond acceptors (Lipinski definition) is 9. The van der Waals surface area contributed by atoms with Crippen LogP contribution in [0.2, 0.25) is 0 Å². The van der Waals surface area contributed by atoms with Gasteiger partial charge in [-0.2, -0.15) is 0 Å². The van der Waals surface area contributed by atoms with Gasteiger partial charge >= 0.3 is 0 Å². The average Bonchev–Trinajstić information content (AvgIpc) is 3.34. The number of carbonyl (C=O) groups is 3. The van der Waals surface area contributed by atoms with Gasteiger partial charge < -0.3 is 29.5 Å². The predicted molar refractivity (Wildman–Crippen MR) is 248 cm³/mol. The zero-order chi connectivity index (χ0) is 46.6. The van der Waals surface area contributed by atoms with Gasteiger partial charge in [-0.15, -0.1) is 0 Å². The molecule has 0 saturated carbocycles. The quantitative estimate of drug-likeness (QED) is 0.0770. The van der Waals surface area contributed by atoms with Gasteiger partial charge in [-0.3, -0.25) is 14.4 Å². The third-order valence-corrected chi connectivity index (χ3v) is 12.7. The Labute approximate surface area is 381 Å². The number of ether oxygens (including phenoxy) is 3. The molecule has 336 valence electrons. The SMILES string of the molecule is CC(C)C(=O)[C@]1(O)[C@@](O)(C(=O)C(C)C)[C@@H](COC(c2ccccc2)(c2ccccc2)c2ccccc2)OC(OC(c2ccccc2)(c2ccccc2)c2ccccc2)[C@@]1(O)C(=O)C(C)C. The summed E-state index contributed by atoms with van der Waals surface area (Å²) >= 11 is 0. The molecule has 1 unspecified atom stereocenters. The summed E-state index contributed by atoms with van der Waals surface area (Å²) in [5.74, 6) is -6.61. The molecule has 5 atom stereocenters. The molecule has 1 fully saturated rings. The number of hydrogen-bond donors (Lipinski definition) is 3. The van der Waals surface area contributed by atoms with Crippen LogP contribution in [-0.4, -0.2) is 68.5 Å². The van der Waals surface area contributed by atoms with E-state index in [0.29, 0.717) is 33.4 Å². The van der Waals surface area contributed by atoms with Crippen molar-refractivity contribution in [2.75, 3.05) is 6.61 Å². The first-order valence-electron chi connectivity index (χ1n) is 22.2. The third kappa shape index (κ3) is 7.80. The lowest BCUT2D eigenvalue weighted by Crippen LogP contribution is -2.88. The van der Waals surface area contributed by atoms with E-state index in [1.807, 2.05) is 182 Å². The highest BCUT2D eigenvalue weighted by Crippen LogP contribution is 2.54. The van der Waals surface area contributed by atoms with E-state index < -0.39 is 82.1 Å². The molecule has 0 spiro atoms. The van der Waals surface area contributed by atoms with Crippen LogP contribution in [-0.2, 0) is 39.8 Å². The van der Waals surface area contributed by atoms with Crippen molar-refractivity contribution in [3.05, 3.63) is 215 Å². The van der Waals surface area contributed by atoms with Crippen LogP contribution in [0.15, 0.2) is 182 Å². The Morgan fingerprint density at radius 1 is 0.462 bits per heavy atom. The smallest absolute Gasteiger partial charge is 0.213 e. The number of aliphatic hydroxyl groups is 3. The Balaban J connectivity index is 1.55. The Hall–Kier alpha value is -5.91. The highest BCUT2D eigenvalue weighted by atomic mass is 16.7. The second kappa shape index (κ2) is 18.9. The van der Waals surface area contributed by atoms with E-state index in [9.17, 15) is 15.3 Å². The predicted octanol–water partition coefficient (Wildman–Crippen LogP) is 8.60. The molecule has 7 rings (SSSR count). The van der Waals surface area contributed by atoms with Gasteiger partial charge in [0.2, 0.25) is 11.2 Å². The molecule has 1 aliphatic rings. The monoisotopic (exact) mass is 874 g/mol. The lowest BCUT2D eigenvalue weighted by atomic mass is 9.57. The van der Waals surface area contributed by atoms with Crippen LogP contribution in [0.25, 0.3) is 0 Å². The van der Waals surface area contributed by atoms with E-state index in [0.717, 1.165) is 0 Å². The summed E-state index contributed by atoms with van der Waals surface area (Å²) in [6, 6.07) is 55.6. The molecule has 1 saturated heterocycles. The van der Waals surface area contributed by atoms with Crippen LogP contribution in [0.4, 0.5) is 0 Å². The second-order valence-corrected chi connectivity index (χ2v) is 17.7. The van der Waals surface area contributed by atoms with E-state index >= 15 is 14.4 Å². The topological polar surface area (TPSA) is 140 Å². The Bertz CT molecular complexity index is 2340. The summed E-state index contributed by atoms with van der Waals surface area (Å²) in [5.41, 5.74) is -9.82. The molecule has 1 heterocycles. The average molecular weight is 875 g/mol. The van der Waals surface area contributed by atoms with E-state index in [1.54, 1.807) is 0 Å². The van der Waals surface area contributed by atoms with Crippen molar-refractivity contribution in [1.29, 1.82) is 0 Å². The number of Topliss-reactive ketones (excluding diaryl/α,β-unsaturated/α-hetero) is 3. The Kier molecular flexibility index (Phi) is 13.7. The van der Waals surface area contributed by atoms with Crippen molar-refractivity contribution in [3.63, 3.8) is 0 Å². The maximum Gasteiger partial charge on any atom is 0.213 e. The number of ketones is 3. The van der Waals surface area contributed by atoms with Gasteiger partial charge in [0.15, 0.2) is 29.2 Å². The van der Waals surface area contributed by atoms with Gasteiger partial charge in [-0.25, -0.2) is 0 Å². The molecule has 6 aromatic rings. The van der Waals surface area contributed by atoms with Gasteiger partial charge in [-0.1, -0.05) is 224 Å². The molecular weight excluding hydrogens is 817 g/mol. The molecule has 3 N–H and O–H groups in total. The Morgan fingerprint density at radius 3 is 1.03 bits per heavy atom. The van der Waals surface area contributed by atoms with Gasteiger partial charge in [-0.05, 0) is 33.4 Å². The molecule has 9 nitrogen and oxygen atoms in total. The number of carbonyl (C=O) groups excluding carboxylic acids is 3. The zero-order valence-corrected chi connectivity index (χ0v) is 37.7. The van der Waals surface area contributed by atoms with Gasteiger partial charge in [0.25, 0.3) is 0 Å². The fraction of sp³-hybridized carbons (Fsp3) is 0.304. The molecule has 0 radical (unpaired) electrons. The van der Waals surface area contributed by atoms with Crippen LogP contribution in [0.1, 0.15) is 74.9 Å². The summed E-state index contributed by atoms with van der Waals surface area (Å²) in [6.45, 7) is 8.22. The molecule has 0 aromatic heterocycles. The summed E-state index contributed by atoms with van der Waals surface area (Å²) in [5, 5.41) is 40.9. The van der Waals surface area contributed by atoms with Crippen LogP contribution < -0.4 is 0 Å². The molecule has 9 heteroatoms. The summed E-state index contributed by atoms with van der Waals surface area (Å²) in [6.07, 6.45) is -4.22. The fourth-order valence-corrected chi connectivity index (χ4v) is 9.47. The largest absolute Gasteiger partial charge is 0.376 e. The van der Waals surface area contributed by atoms with Crippen LogP contribution in [0.5, 0.6) is 0 Å². The van der Waals surface area contributed by atoms with E-state index in [-0.39, 0.29) is 0 Å². The molecule has 1 aliphatic heterocycles. The van der Waals surface area contributed by atoms with Gasteiger partial charge in [0.1, 0.15) is 17.3 Å². The van der Waals surface area contributed by atoms with Crippen molar-refractivity contribution in [3.8, 4) is 0 Å². The Morgan fingerprint density at radius 2 is 0.738 bits per heavy atom. The minimum absolute atomic E-state index is 0.544. The molecule has 6 aromatic carbocycles. The van der Waals surface area contributed by atoms with Crippen LogP contribution in [0.3, 0.4) is 0 Å². The first-order valence-corrected chi connectivity index (χ1v) is 22.2. The van der Waals surface area contributed by atoms with Crippen molar-refractivity contribution in [2.45, 2.75) is 81.9 Å². The zero-order valence-electron chi connectivity index (χ0n) is 37.7. The highest BCUT2D eigenvalue weighted by molar-refractivity contribution is 6.08. The van der Waals surface area contributed by atoms with Gasteiger partial charge in [0.05, 0.1) is 6.61 Å². The van der Waals surface area contributed by atoms with Gasteiger partial charge in [0, 0.05) is 17.8 Å². The maximum absolute atomic E-state index is 15.2. The minimum atomic E-state index is -3.58. The van der Waals surface area contributed by atoms with Crippen molar-refractivity contribution >= 4 is 17.3 Å². The van der Waals surface area contributed by atoms with Crippen LogP contribution in [0, 0.1) is 17.8 Å². The normalized spacial score (nSPS) is 22.5. The van der Waals surface area contributed by atoms with E-state index in [2.05, 4.69) is 0 Å². The number of benzene rings is 6. The molecule has 65 heavy (non-hydrogen) atoms. The summed E-state index contributed by atoms with van der Waals surface area (Å²) in [7, 11) is 0. The minimum Gasteiger partial charge on any atom is -0.376 e. The summed E-state index contributed by atoms with van der Waals surface area (Å²) in [4.78, 5) is 45.4. The molecular formula is C56H58O9. The molecule has 0 aliphatic carbocycles. The summed E-state index contributed by atoms with van der Waals surface area (Å²) < 4.78 is 21.4. The molecule has 0 amide bonds. The lowest BCUT2D eigenvalue weighted by Gasteiger charge is -2.60. The van der Waals surface area contributed by atoms with Crippen molar-refractivity contribution < 1.29 is 43.9 Å². The third-order valence-electron chi connectivity index (χ3n) is 12.7. The first kappa shape index (κ1) is 47.1. The molecule has 0 bridgehead atoms. The van der Waals surface area contributed by atoms with Crippen molar-refractivity contribution in [2.24, 2.45) is 17.8 Å². The van der Waals surface area contributed by atoms with E-state index in [4.69, 9.17) is 14.2 Å². The highest BCUT2D eigenvalue weighted by Gasteiger charge is 2.81. The lowest BCUT2D eigenvalue weighted by molar-refractivity contribution is -0.384. The standard InChI is InChI=1S/C56H58O9/c1-38(2)48(57)54(60)47(37-63-52(41-25-13-7-14-26-41,42-27-15-8-16-28-42)43-29-17-9-18-30-43)64-51(55(61,49(58)39(3)4)56(54,62)50(59)40(5)6)65-53(44-31-19-10-20-32-44,45-33-21-11-22-34-45)46-35-23-12-24-36-46/h7-36,38-40,47,51,60-62H,37H2,1-6H3/t47-,51?,54+,55+,56+/m1/s1.